The van der Waals surface area contributed by atoms with E-state index in [-0.39, 0.29) is 18.4 Å². The molecule has 4 heterocycles. The average molecular weight is 711 g/mol. The number of methoxy groups -OCH3 is 1. The third kappa shape index (κ3) is 7.74. The zero-order valence-corrected chi connectivity index (χ0v) is 29.6. The summed E-state index contributed by atoms with van der Waals surface area (Å²) >= 11 is 12.9. The van der Waals surface area contributed by atoms with Crippen LogP contribution in [-0.4, -0.2) is 33.7 Å². The second-order valence-corrected chi connectivity index (χ2v) is 12.5. The third-order valence-corrected chi connectivity index (χ3v) is 8.51. The van der Waals surface area contributed by atoms with Gasteiger partial charge in [0.2, 0.25) is 11.8 Å². The first-order chi connectivity index (χ1) is 24.8. The van der Waals surface area contributed by atoms with E-state index >= 15 is 0 Å². The van der Waals surface area contributed by atoms with Crippen LogP contribution in [0.15, 0.2) is 110 Å². The first kappa shape index (κ1) is 34.8. The summed E-state index contributed by atoms with van der Waals surface area (Å²) in [5, 5.41) is 11.1. The van der Waals surface area contributed by atoms with Crippen molar-refractivity contribution >= 4 is 28.9 Å². The molecule has 2 aromatic carbocycles. The molecule has 0 fully saturated rings. The van der Waals surface area contributed by atoms with E-state index < -0.39 is 0 Å². The van der Waals surface area contributed by atoms with E-state index in [1.165, 1.54) is 12.7 Å². The van der Waals surface area contributed by atoms with Gasteiger partial charge < -0.3 is 9.47 Å². The minimum Gasteiger partial charge on any atom is -0.480 e. The number of aromatic nitrogens is 4. The monoisotopic (exact) mass is 709 g/mol. The lowest BCUT2D eigenvalue weighted by Gasteiger charge is -2.13. The molecule has 0 amide bonds. The van der Waals surface area contributed by atoms with Crippen molar-refractivity contribution in [3.63, 3.8) is 0 Å². The van der Waals surface area contributed by atoms with Crippen LogP contribution >= 0.6 is 23.2 Å². The smallest absolute Gasteiger partial charge is 0.358 e. The van der Waals surface area contributed by atoms with Crippen LogP contribution in [0.3, 0.4) is 0 Å². The standard InChI is InChI=1S/C41H31Cl2N6O2/c1-5-18-51-41-33(22-44)31(27-11-9-26(10-12-27)25(2)3)20-38(49-41)37-16-14-29(23-47-37)46-24-34-32(30-15-13-28(42)19-35(30)43)21-39(48-40(34)50-4)36-8-6-7-17-45-36/h5-17,19-21,23,25H,1,18H2,2-4H3/q+1. The number of hydrogen-bond acceptors (Lipinski definition) is 7. The predicted octanol–water partition coefficient (Wildman–Crippen LogP) is 10.8. The Hall–Kier alpha value is -6.06. The number of ether oxygens (including phenoxy) is 2. The molecule has 0 saturated carbocycles. The summed E-state index contributed by atoms with van der Waals surface area (Å²) in [6, 6.07) is 31.7. The molecular formula is C41H31Cl2N6O2+. The van der Waals surface area contributed by atoms with Crippen molar-refractivity contribution in [3.05, 3.63) is 142 Å². The van der Waals surface area contributed by atoms with Gasteiger partial charge in [-0.05, 0) is 64.4 Å². The maximum absolute atomic E-state index is 10.1. The molecule has 6 rings (SSSR count). The van der Waals surface area contributed by atoms with Gasteiger partial charge in [0.05, 0.1) is 29.9 Å². The van der Waals surface area contributed by atoms with E-state index in [9.17, 15) is 5.26 Å². The van der Waals surface area contributed by atoms with Gasteiger partial charge in [-0.15, -0.1) is 0 Å². The maximum Gasteiger partial charge on any atom is 0.358 e. The summed E-state index contributed by atoms with van der Waals surface area (Å²) in [6.45, 7) is 8.21. The zero-order valence-electron chi connectivity index (χ0n) is 28.1. The van der Waals surface area contributed by atoms with Crippen molar-refractivity contribution in [3.8, 4) is 68.9 Å². The predicted molar refractivity (Wildman–Crippen MR) is 203 cm³/mol. The van der Waals surface area contributed by atoms with Crippen molar-refractivity contribution in [2.75, 3.05) is 13.7 Å². The normalized spacial score (nSPS) is 10.6. The van der Waals surface area contributed by atoms with Gasteiger partial charge >= 0.3 is 11.8 Å². The summed E-state index contributed by atoms with van der Waals surface area (Å²) in [5.41, 5.74) is 7.82. The van der Waals surface area contributed by atoms with E-state index in [2.05, 4.69) is 64.5 Å². The first-order valence-corrected chi connectivity index (χ1v) is 16.7. The van der Waals surface area contributed by atoms with Crippen LogP contribution in [0.5, 0.6) is 11.8 Å². The molecule has 0 bridgehead atoms. The van der Waals surface area contributed by atoms with Crippen molar-refractivity contribution < 1.29 is 9.47 Å². The van der Waals surface area contributed by atoms with E-state index in [4.69, 9.17) is 37.7 Å². The Balaban J connectivity index is 1.41. The molecule has 0 aliphatic rings. The Kier molecular flexibility index (Phi) is 10.7. The second kappa shape index (κ2) is 15.7. The molecule has 10 heteroatoms. The van der Waals surface area contributed by atoms with Crippen LogP contribution in [0.1, 0.15) is 36.5 Å². The Morgan fingerprint density at radius 3 is 2.20 bits per heavy atom. The molecule has 0 unspecified atom stereocenters. The quantitative estimate of drug-likeness (QED) is 0.138. The van der Waals surface area contributed by atoms with Crippen LogP contribution in [0.25, 0.3) is 49.9 Å². The number of nitriles is 1. The molecule has 0 spiro atoms. The molecule has 51 heavy (non-hydrogen) atoms. The van der Waals surface area contributed by atoms with E-state index in [0.29, 0.717) is 72.2 Å². The molecule has 0 aliphatic heterocycles. The van der Waals surface area contributed by atoms with Gasteiger partial charge in [-0.3, -0.25) is 4.98 Å². The molecule has 6 aromatic rings. The molecule has 4 aromatic heterocycles. The van der Waals surface area contributed by atoms with Gasteiger partial charge in [-0.1, -0.05) is 86.1 Å². The van der Waals surface area contributed by atoms with Crippen molar-refractivity contribution in [1.82, 2.24) is 19.9 Å². The summed E-state index contributed by atoms with van der Waals surface area (Å²) in [5.74, 6) is 0.870. The molecule has 0 N–H and O–H groups in total. The highest BCUT2D eigenvalue weighted by Crippen LogP contribution is 2.38. The Bertz CT molecular complexity index is 2330. The third-order valence-electron chi connectivity index (χ3n) is 7.96. The lowest BCUT2D eigenvalue weighted by Crippen LogP contribution is -2.02. The van der Waals surface area contributed by atoms with Gasteiger partial charge in [-0.2, -0.15) is 5.26 Å². The summed E-state index contributed by atoms with van der Waals surface area (Å²) < 4.78 is 11.6. The Morgan fingerprint density at radius 1 is 0.824 bits per heavy atom. The molecule has 0 saturated heterocycles. The number of pyridine rings is 4. The lowest BCUT2D eigenvalue weighted by molar-refractivity contribution is 0.348. The molecule has 8 nitrogen and oxygen atoms in total. The van der Waals surface area contributed by atoms with Gasteiger partial charge in [0.15, 0.2) is 5.56 Å². The summed E-state index contributed by atoms with van der Waals surface area (Å²) in [6.07, 6.45) is 4.92. The van der Waals surface area contributed by atoms with Gasteiger partial charge in [0.25, 0.3) is 0 Å². The van der Waals surface area contributed by atoms with E-state index in [1.54, 1.807) is 42.7 Å². The van der Waals surface area contributed by atoms with Crippen molar-refractivity contribution in [2.45, 2.75) is 19.8 Å². The largest absolute Gasteiger partial charge is 0.480 e. The summed E-state index contributed by atoms with van der Waals surface area (Å²) in [4.78, 5) is 23.1. The van der Waals surface area contributed by atoms with Crippen LogP contribution in [0, 0.1) is 17.4 Å². The first-order valence-electron chi connectivity index (χ1n) is 16.0. The average Bonchev–Trinajstić information content (AvgIpc) is 3.16. The highest BCUT2D eigenvalue weighted by molar-refractivity contribution is 6.36. The van der Waals surface area contributed by atoms with Gasteiger partial charge in [-0.25, -0.2) is 15.0 Å². The molecule has 250 valence electrons. The number of benzene rings is 2. The van der Waals surface area contributed by atoms with E-state index in [0.717, 1.165) is 5.56 Å². The van der Waals surface area contributed by atoms with E-state index in [1.807, 2.05) is 48.5 Å². The van der Waals surface area contributed by atoms with Crippen LogP contribution in [-0.2, 0) is 0 Å². The number of halogens is 2. The highest BCUT2D eigenvalue weighted by atomic mass is 35.5. The van der Waals surface area contributed by atoms with Crippen LogP contribution < -0.4 is 9.47 Å². The lowest BCUT2D eigenvalue weighted by atomic mass is 9.96. The topological polar surface area (TPSA) is 98.2 Å². The fourth-order valence-electron chi connectivity index (χ4n) is 5.35. The van der Waals surface area contributed by atoms with Gasteiger partial charge in [0, 0.05) is 39.0 Å². The van der Waals surface area contributed by atoms with Crippen molar-refractivity contribution in [1.29, 1.82) is 5.26 Å². The number of hydrogen-bond donors (Lipinski definition) is 0. The molecular weight excluding hydrogens is 679 g/mol. The maximum atomic E-state index is 10.1. The Morgan fingerprint density at radius 2 is 1.57 bits per heavy atom. The Labute approximate surface area is 306 Å². The van der Waals surface area contributed by atoms with Crippen LogP contribution in [0.4, 0.5) is 5.69 Å². The second-order valence-electron chi connectivity index (χ2n) is 11.6. The minimum atomic E-state index is 0.193. The minimum absolute atomic E-state index is 0.193. The zero-order chi connectivity index (χ0) is 35.9. The van der Waals surface area contributed by atoms with Gasteiger partial charge in [0.1, 0.15) is 24.4 Å². The fraction of sp³-hybridized carbons (Fsp3) is 0.122. The molecule has 0 aliphatic carbocycles. The number of nitrogens with zero attached hydrogens (tertiary/aromatic N) is 6. The fourth-order valence-corrected chi connectivity index (χ4v) is 5.86. The molecule has 0 radical (unpaired) electrons. The highest BCUT2D eigenvalue weighted by Gasteiger charge is 2.22. The van der Waals surface area contributed by atoms with Crippen molar-refractivity contribution in [2.24, 2.45) is 0 Å². The molecule has 0 atom stereocenters. The summed E-state index contributed by atoms with van der Waals surface area (Å²) in [7, 11) is 1.53. The number of rotatable bonds is 9. The SMILES string of the molecule is C=CCOc1nc(-c2ccc([N+]#Cc3c(-c4ccc(Cl)cc4Cl)cc(-c4ccccn4)nc3OC)cn2)cc(-c2ccc(C(C)C)cc2)c1C#N. The van der Waals surface area contributed by atoms with Crippen LogP contribution in [0.2, 0.25) is 10.0 Å².